The summed E-state index contributed by atoms with van der Waals surface area (Å²) in [7, 11) is 0. The van der Waals surface area contributed by atoms with Crippen LogP contribution in [0.25, 0.3) is 0 Å². The predicted octanol–water partition coefficient (Wildman–Crippen LogP) is 5.96. The first kappa shape index (κ1) is 14.9. The van der Waals surface area contributed by atoms with Crippen LogP contribution in [-0.4, -0.2) is 0 Å². The van der Waals surface area contributed by atoms with Crippen molar-refractivity contribution in [2.24, 2.45) is 0 Å². The molecule has 2 aromatic rings. The third kappa shape index (κ3) is 3.34. The van der Waals surface area contributed by atoms with E-state index in [1.165, 1.54) is 5.56 Å². The third-order valence-electron chi connectivity index (χ3n) is 3.51. The van der Waals surface area contributed by atoms with Crippen molar-refractivity contribution < 1.29 is 4.74 Å². The highest BCUT2D eigenvalue weighted by atomic mass is 35.5. The number of alkyl halides is 1. The van der Waals surface area contributed by atoms with Crippen molar-refractivity contribution in [1.29, 1.82) is 0 Å². The molecule has 0 bridgehead atoms. The summed E-state index contributed by atoms with van der Waals surface area (Å²) < 4.78 is 6.11. The fourth-order valence-corrected chi connectivity index (χ4v) is 2.21. The largest absolute Gasteiger partial charge is 0.457 e. The Labute approximate surface area is 126 Å². The number of rotatable bonds is 4. The Morgan fingerprint density at radius 2 is 1.55 bits per heavy atom. The molecule has 0 aliphatic carbocycles. The predicted molar refractivity (Wildman–Crippen MR) is 86.1 cm³/mol. The SMILES string of the molecule is Cc1ccc(CCl)cc1Oc1cc(C(C)C)ccc1C. The second-order valence-corrected chi connectivity index (χ2v) is 5.78. The van der Waals surface area contributed by atoms with E-state index in [0.29, 0.717) is 11.8 Å². The molecule has 0 fully saturated rings. The second-order valence-electron chi connectivity index (χ2n) is 5.52. The molecule has 106 valence electrons. The molecule has 0 unspecified atom stereocenters. The van der Waals surface area contributed by atoms with E-state index < -0.39 is 0 Å². The lowest BCUT2D eigenvalue weighted by molar-refractivity contribution is 0.473. The van der Waals surface area contributed by atoms with E-state index in [2.05, 4.69) is 52.0 Å². The van der Waals surface area contributed by atoms with Crippen LogP contribution in [0, 0.1) is 13.8 Å². The highest BCUT2D eigenvalue weighted by Crippen LogP contribution is 2.31. The van der Waals surface area contributed by atoms with Gasteiger partial charge in [0.25, 0.3) is 0 Å². The zero-order chi connectivity index (χ0) is 14.7. The van der Waals surface area contributed by atoms with Crippen LogP contribution in [0.15, 0.2) is 36.4 Å². The van der Waals surface area contributed by atoms with Gasteiger partial charge in [-0.05, 0) is 54.2 Å². The second kappa shape index (κ2) is 6.32. The number of ether oxygens (including phenoxy) is 1. The average molecular weight is 289 g/mol. The highest BCUT2D eigenvalue weighted by molar-refractivity contribution is 6.17. The Morgan fingerprint density at radius 1 is 0.950 bits per heavy atom. The standard InChI is InChI=1S/C18H21ClO/c1-12(2)16-8-6-14(4)18(10-16)20-17-9-15(11-19)7-5-13(17)3/h5-10,12H,11H2,1-4H3. The molecule has 0 atom stereocenters. The number of hydrogen-bond acceptors (Lipinski definition) is 1. The normalized spacial score (nSPS) is 10.9. The maximum Gasteiger partial charge on any atom is 0.130 e. The van der Waals surface area contributed by atoms with Gasteiger partial charge in [-0.3, -0.25) is 0 Å². The molecular formula is C18H21ClO. The number of benzene rings is 2. The summed E-state index contributed by atoms with van der Waals surface area (Å²) in [5, 5.41) is 0. The molecule has 0 radical (unpaired) electrons. The number of aryl methyl sites for hydroxylation is 2. The zero-order valence-corrected chi connectivity index (χ0v) is 13.3. The third-order valence-corrected chi connectivity index (χ3v) is 3.81. The highest BCUT2D eigenvalue weighted by Gasteiger charge is 2.08. The lowest BCUT2D eigenvalue weighted by Gasteiger charge is -2.14. The molecular weight excluding hydrogens is 268 g/mol. The van der Waals surface area contributed by atoms with E-state index in [1.54, 1.807) is 0 Å². The monoisotopic (exact) mass is 288 g/mol. The van der Waals surface area contributed by atoms with E-state index in [1.807, 2.05) is 12.1 Å². The first-order chi connectivity index (χ1) is 9.51. The number of halogens is 1. The van der Waals surface area contributed by atoms with Gasteiger partial charge in [-0.1, -0.05) is 38.1 Å². The van der Waals surface area contributed by atoms with E-state index in [9.17, 15) is 0 Å². The van der Waals surface area contributed by atoms with Crippen molar-refractivity contribution in [2.75, 3.05) is 0 Å². The minimum Gasteiger partial charge on any atom is -0.457 e. The van der Waals surface area contributed by atoms with Crippen molar-refractivity contribution in [1.82, 2.24) is 0 Å². The molecule has 2 heteroatoms. The van der Waals surface area contributed by atoms with Crippen LogP contribution in [0.1, 0.15) is 42.0 Å². The van der Waals surface area contributed by atoms with Crippen LogP contribution < -0.4 is 4.74 Å². The van der Waals surface area contributed by atoms with Crippen LogP contribution in [-0.2, 0) is 5.88 Å². The van der Waals surface area contributed by atoms with E-state index >= 15 is 0 Å². The van der Waals surface area contributed by atoms with Gasteiger partial charge in [0, 0.05) is 5.88 Å². The van der Waals surface area contributed by atoms with Crippen LogP contribution in [0.4, 0.5) is 0 Å². The van der Waals surface area contributed by atoms with Crippen molar-refractivity contribution in [3.63, 3.8) is 0 Å². The summed E-state index contributed by atoms with van der Waals surface area (Å²) in [6, 6.07) is 12.5. The Hall–Kier alpha value is -1.47. The van der Waals surface area contributed by atoms with Crippen molar-refractivity contribution in [3.8, 4) is 11.5 Å². The van der Waals surface area contributed by atoms with Gasteiger partial charge in [-0.25, -0.2) is 0 Å². The van der Waals surface area contributed by atoms with Crippen LogP contribution in [0.5, 0.6) is 11.5 Å². The summed E-state index contributed by atoms with van der Waals surface area (Å²) in [5.41, 5.74) is 4.62. The lowest BCUT2D eigenvalue weighted by atomic mass is 10.0. The van der Waals surface area contributed by atoms with Crippen molar-refractivity contribution in [3.05, 3.63) is 58.7 Å². The van der Waals surface area contributed by atoms with Gasteiger partial charge >= 0.3 is 0 Å². The van der Waals surface area contributed by atoms with Crippen LogP contribution in [0.2, 0.25) is 0 Å². The zero-order valence-electron chi connectivity index (χ0n) is 12.5. The summed E-state index contributed by atoms with van der Waals surface area (Å²) in [4.78, 5) is 0. The molecule has 2 aromatic carbocycles. The van der Waals surface area contributed by atoms with Gasteiger partial charge in [-0.15, -0.1) is 11.6 Å². The summed E-state index contributed by atoms with van der Waals surface area (Å²) in [5.74, 6) is 2.80. The van der Waals surface area contributed by atoms with Crippen molar-refractivity contribution in [2.45, 2.75) is 39.5 Å². The van der Waals surface area contributed by atoms with E-state index in [0.717, 1.165) is 28.2 Å². The molecule has 0 N–H and O–H groups in total. The van der Waals surface area contributed by atoms with Gasteiger partial charge in [0.2, 0.25) is 0 Å². The topological polar surface area (TPSA) is 9.23 Å². The minimum absolute atomic E-state index is 0.494. The minimum atomic E-state index is 0.494. The van der Waals surface area contributed by atoms with Crippen LogP contribution in [0.3, 0.4) is 0 Å². The molecule has 0 saturated carbocycles. The summed E-state index contributed by atoms with van der Waals surface area (Å²) >= 11 is 5.90. The fraction of sp³-hybridized carbons (Fsp3) is 0.333. The maximum atomic E-state index is 6.11. The average Bonchev–Trinajstić information content (AvgIpc) is 2.43. The summed E-state index contributed by atoms with van der Waals surface area (Å²) in [6.07, 6.45) is 0. The molecule has 2 rings (SSSR count). The van der Waals surface area contributed by atoms with Crippen molar-refractivity contribution >= 4 is 11.6 Å². The van der Waals surface area contributed by atoms with Gasteiger partial charge in [0.1, 0.15) is 11.5 Å². The molecule has 0 aliphatic rings. The lowest BCUT2D eigenvalue weighted by Crippen LogP contribution is -1.94. The Bertz CT molecular complexity index is 602. The Morgan fingerprint density at radius 3 is 2.15 bits per heavy atom. The molecule has 0 amide bonds. The van der Waals surface area contributed by atoms with Crippen LogP contribution >= 0.6 is 11.6 Å². The molecule has 1 nitrogen and oxygen atoms in total. The molecule has 0 aromatic heterocycles. The Balaban J connectivity index is 2.36. The first-order valence-corrected chi connectivity index (χ1v) is 7.48. The van der Waals surface area contributed by atoms with Gasteiger partial charge in [0.15, 0.2) is 0 Å². The molecule has 0 aliphatic heterocycles. The first-order valence-electron chi connectivity index (χ1n) is 6.95. The fourth-order valence-electron chi connectivity index (χ4n) is 2.04. The summed E-state index contributed by atoms with van der Waals surface area (Å²) in [6.45, 7) is 8.50. The van der Waals surface area contributed by atoms with Gasteiger partial charge in [-0.2, -0.15) is 0 Å². The molecule has 0 saturated heterocycles. The quantitative estimate of drug-likeness (QED) is 0.631. The maximum absolute atomic E-state index is 6.11. The van der Waals surface area contributed by atoms with E-state index in [4.69, 9.17) is 16.3 Å². The molecule has 0 spiro atoms. The molecule has 20 heavy (non-hydrogen) atoms. The van der Waals surface area contributed by atoms with E-state index in [-0.39, 0.29) is 0 Å². The number of hydrogen-bond donors (Lipinski definition) is 0. The van der Waals surface area contributed by atoms with Gasteiger partial charge in [0.05, 0.1) is 0 Å². The smallest absolute Gasteiger partial charge is 0.130 e. The molecule has 0 heterocycles. The van der Waals surface area contributed by atoms with Gasteiger partial charge < -0.3 is 4.74 Å². The Kier molecular flexibility index (Phi) is 4.72.